The van der Waals surface area contributed by atoms with Crippen molar-refractivity contribution < 1.29 is 42.8 Å². The number of ether oxygens (including phenoxy) is 6. The fourth-order valence-electron chi connectivity index (χ4n) is 11.5. The molecule has 13 atom stereocenters. The molecule has 4 unspecified atom stereocenters. The summed E-state index contributed by atoms with van der Waals surface area (Å²) in [4.78, 5) is 36.6. The lowest BCUT2D eigenvalue weighted by Gasteiger charge is -2.58. The lowest BCUT2D eigenvalue weighted by molar-refractivity contribution is -0.291. The van der Waals surface area contributed by atoms with Crippen molar-refractivity contribution in [3.63, 3.8) is 0 Å². The number of rotatable bonds is 13. The van der Waals surface area contributed by atoms with E-state index in [0.29, 0.717) is 17.8 Å². The number of fused-ring (bicyclic) bond motifs is 5. The zero-order valence-electron chi connectivity index (χ0n) is 33.1. The highest BCUT2D eigenvalue weighted by molar-refractivity contribution is 5.67. The highest BCUT2D eigenvalue weighted by atomic mass is 16.7. The maximum atomic E-state index is 12.8. The van der Waals surface area contributed by atoms with Crippen LogP contribution in [0.3, 0.4) is 0 Å². The van der Waals surface area contributed by atoms with Crippen molar-refractivity contribution in [2.45, 2.75) is 170 Å². The third-order valence-corrected chi connectivity index (χ3v) is 14.1. The van der Waals surface area contributed by atoms with Gasteiger partial charge >= 0.3 is 18.1 Å². The molecule has 0 aromatic carbocycles. The minimum Gasteiger partial charge on any atom is -0.458 e. The molecule has 0 radical (unpaired) electrons. The monoisotopic (exact) mass is 716 g/mol. The van der Waals surface area contributed by atoms with Crippen LogP contribution in [-0.4, -0.2) is 62.0 Å². The molecule has 5 aliphatic rings. The van der Waals surface area contributed by atoms with E-state index in [0.717, 1.165) is 55.3 Å². The Bertz CT molecular complexity index is 1250. The van der Waals surface area contributed by atoms with E-state index in [2.05, 4.69) is 40.7 Å². The largest absolute Gasteiger partial charge is 0.508 e. The van der Waals surface area contributed by atoms with Crippen LogP contribution in [0.15, 0.2) is 11.6 Å². The summed E-state index contributed by atoms with van der Waals surface area (Å²) in [7, 11) is 0. The first-order valence-electron chi connectivity index (χ1n) is 20.3. The molecular formula is C42H68O9. The number of allylic oxidation sites excluding steroid dienone is 1. The molecule has 1 aliphatic heterocycles. The molecule has 4 fully saturated rings. The van der Waals surface area contributed by atoms with Crippen LogP contribution in [0.1, 0.15) is 139 Å². The van der Waals surface area contributed by atoms with Gasteiger partial charge in [0.2, 0.25) is 0 Å². The second-order valence-corrected chi connectivity index (χ2v) is 17.7. The zero-order chi connectivity index (χ0) is 37.1. The van der Waals surface area contributed by atoms with Gasteiger partial charge in [-0.3, -0.25) is 9.59 Å². The topological polar surface area (TPSA) is 107 Å². The van der Waals surface area contributed by atoms with Gasteiger partial charge in [-0.25, -0.2) is 4.79 Å². The van der Waals surface area contributed by atoms with Crippen molar-refractivity contribution in [1.29, 1.82) is 0 Å². The average Bonchev–Trinajstić information content (AvgIpc) is 3.42. The van der Waals surface area contributed by atoms with Crippen molar-refractivity contribution in [1.82, 2.24) is 0 Å². The highest BCUT2D eigenvalue weighted by Gasteiger charge is 2.59. The van der Waals surface area contributed by atoms with E-state index in [-0.39, 0.29) is 36.8 Å². The summed E-state index contributed by atoms with van der Waals surface area (Å²) in [6, 6.07) is 0. The van der Waals surface area contributed by atoms with Crippen LogP contribution in [0.2, 0.25) is 0 Å². The molecule has 0 spiro atoms. The quantitative estimate of drug-likeness (QED) is 0.0798. The Hall–Kier alpha value is -2.13. The van der Waals surface area contributed by atoms with Crippen molar-refractivity contribution >= 4 is 18.1 Å². The van der Waals surface area contributed by atoms with Crippen LogP contribution in [0.25, 0.3) is 0 Å². The van der Waals surface area contributed by atoms with Gasteiger partial charge in [0.15, 0.2) is 12.4 Å². The van der Waals surface area contributed by atoms with Crippen molar-refractivity contribution in [2.75, 3.05) is 13.2 Å². The van der Waals surface area contributed by atoms with Crippen LogP contribution in [0.4, 0.5) is 4.79 Å². The molecule has 1 saturated heterocycles. The summed E-state index contributed by atoms with van der Waals surface area (Å²) < 4.78 is 34.3. The van der Waals surface area contributed by atoms with E-state index in [1.165, 1.54) is 64.4 Å². The Balaban J connectivity index is 1.11. The lowest BCUT2D eigenvalue weighted by atomic mass is 9.47. The van der Waals surface area contributed by atoms with Gasteiger partial charge in [-0.2, -0.15) is 0 Å². The molecule has 0 aromatic heterocycles. The molecule has 9 heteroatoms. The summed E-state index contributed by atoms with van der Waals surface area (Å²) >= 11 is 0. The second-order valence-electron chi connectivity index (χ2n) is 17.7. The Morgan fingerprint density at radius 3 is 2.31 bits per heavy atom. The van der Waals surface area contributed by atoms with Gasteiger partial charge in [0, 0.05) is 26.2 Å². The summed E-state index contributed by atoms with van der Waals surface area (Å²) in [5.41, 5.74) is 2.13. The standard InChI is InChI=1S/C42H68O9/c1-10-36-27(5)37(48-28(6)43)38(49-29(7)44)39(51-36)46-22-23-47-40(45)50-31-18-20-41(8)30(24-31)14-15-32-34-17-16-33(26(4)13-11-12-25(2)3)42(34,9)21-19-35(32)41/h14,25-27,31-39H,10-13,15-24H2,1-9H3/t26-,27-,31?,32?,33-,34?,35?,36-,37+,38-,39-,41+,42-/m1/s1. The first-order chi connectivity index (χ1) is 24.2. The molecule has 5 rings (SSSR count). The second kappa shape index (κ2) is 16.9. The predicted molar refractivity (Wildman–Crippen MR) is 194 cm³/mol. The average molecular weight is 717 g/mol. The normalized spacial score (nSPS) is 39.5. The highest BCUT2D eigenvalue weighted by Crippen LogP contribution is 2.67. The van der Waals surface area contributed by atoms with Crippen LogP contribution in [0.5, 0.6) is 0 Å². The molecule has 4 aliphatic carbocycles. The van der Waals surface area contributed by atoms with Gasteiger partial charge in [0.25, 0.3) is 0 Å². The predicted octanol–water partition coefficient (Wildman–Crippen LogP) is 9.20. The van der Waals surface area contributed by atoms with E-state index in [4.69, 9.17) is 28.4 Å². The van der Waals surface area contributed by atoms with Crippen molar-refractivity contribution in [3.8, 4) is 0 Å². The van der Waals surface area contributed by atoms with E-state index in [1.54, 1.807) is 0 Å². The minimum absolute atomic E-state index is 0.00373. The maximum absolute atomic E-state index is 12.8. The van der Waals surface area contributed by atoms with Gasteiger partial charge < -0.3 is 28.4 Å². The van der Waals surface area contributed by atoms with Gasteiger partial charge in [-0.05, 0) is 97.7 Å². The first-order valence-corrected chi connectivity index (χ1v) is 20.3. The molecular weight excluding hydrogens is 648 g/mol. The van der Waals surface area contributed by atoms with Crippen LogP contribution < -0.4 is 0 Å². The third-order valence-electron chi connectivity index (χ3n) is 14.1. The number of hydrogen-bond acceptors (Lipinski definition) is 9. The van der Waals surface area contributed by atoms with Gasteiger partial charge in [-0.1, -0.05) is 79.4 Å². The number of esters is 2. The SMILES string of the molecule is CC[C@H]1O[C@@H](OCCOC(=O)OC2CC[C@@]3(C)C(=CCC4C3CC[C@@]3(C)C4CC[C@@H]3[C@H](C)CCCC(C)C)C2)[C@H](OC(C)=O)[C@@H](OC(C)=O)[C@@H]1C. The Morgan fingerprint density at radius 1 is 0.902 bits per heavy atom. The maximum Gasteiger partial charge on any atom is 0.508 e. The lowest BCUT2D eigenvalue weighted by Crippen LogP contribution is -2.57. The van der Waals surface area contributed by atoms with Gasteiger partial charge in [-0.15, -0.1) is 0 Å². The molecule has 0 aromatic rings. The first kappa shape index (κ1) is 40.1. The molecule has 3 saturated carbocycles. The smallest absolute Gasteiger partial charge is 0.458 e. The number of carbonyl (C=O) groups is 3. The van der Waals surface area contributed by atoms with Crippen LogP contribution in [-0.2, 0) is 38.0 Å². The molecule has 0 N–H and O–H groups in total. The molecule has 0 bridgehead atoms. The van der Waals surface area contributed by atoms with Crippen molar-refractivity contribution in [3.05, 3.63) is 11.6 Å². The Labute approximate surface area is 307 Å². The Kier molecular flexibility index (Phi) is 13.3. The van der Waals surface area contributed by atoms with Gasteiger partial charge in [0.05, 0.1) is 12.7 Å². The zero-order valence-corrected chi connectivity index (χ0v) is 33.1. The van der Waals surface area contributed by atoms with Crippen LogP contribution >= 0.6 is 0 Å². The molecule has 51 heavy (non-hydrogen) atoms. The van der Waals surface area contributed by atoms with E-state index in [1.807, 2.05) is 13.8 Å². The summed E-state index contributed by atoms with van der Waals surface area (Å²) in [6.45, 7) is 18.8. The van der Waals surface area contributed by atoms with E-state index in [9.17, 15) is 14.4 Å². The van der Waals surface area contributed by atoms with Crippen molar-refractivity contribution in [2.24, 2.45) is 52.3 Å². The number of carbonyl (C=O) groups excluding carboxylic acids is 3. The minimum atomic E-state index is -0.969. The van der Waals surface area contributed by atoms with E-state index < -0.39 is 36.6 Å². The third kappa shape index (κ3) is 8.82. The fourth-order valence-corrected chi connectivity index (χ4v) is 11.5. The summed E-state index contributed by atoms with van der Waals surface area (Å²) in [5.74, 6) is 3.55. The van der Waals surface area contributed by atoms with E-state index >= 15 is 0 Å². The fraction of sp³-hybridized carbons (Fsp3) is 0.881. The van der Waals surface area contributed by atoms with Gasteiger partial charge in [0.1, 0.15) is 18.8 Å². The molecule has 0 amide bonds. The summed E-state index contributed by atoms with van der Waals surface area (Å²) in [5, 5.41) is 0. The van der Waals surface area contributed by atoms with Crippen LogP contribution in [0, 0.1) is 52.3 Å². The number of hydrogen-bond donors (Lipinski definition) is 0. The molecule has 9 nitrogen and oxygen atoms in total. The summed E-state index contributed by atoms with van der Waals surface area (Å²) in [6.07, 6.45) is 12.8. The Morgan fingerprint density at radius 2 is 1.63 bits per heavy atom. The molecule has 290 valence electrons. The molecule has 1 heterocycles.